The number of nitriles is 1. The van der Waals surface area contributed by atoms with Gasteiger partial charge in [0.2, 0.25) is 0 Å². The highest BCUT2D eigenvalue weighted by Crippen LogP contribution is 2.30. The van der Waals surface area contributed by atoms with Crippen molar-refractivity contribution in [3.63, 3.8) is 0 Å². The Balaban J connectivity index is 1.32. The maximum absolute atomic E-state index is 9.18. The molecule has 1 fully saturated rings. The summed E-state index contributed by atoms with van der Waals surface area (Å²) in [4.78, 5) is 7.27. The molecule has 1 aliphatic rings. The van der Waals surface area contributed by atoms with E-state index >= 15 is 0 Å². The van der Waals surface area contributed by atoms with E-state index in [9.17, 15) is 5.26 Å². The molecule has 0 saturated carbocycles. The van der Waals surface area contributed by atoms with Crippen molar-refractivity contribution in [3.8, 4) is 17.3 Å². The van der Waals surface area contributed by atoms with E-state index in [1.54, 1.807) is 6.20 Å². The quantitative estimate of drug-likeness (QED) is 0.327. The van der Waals surface area contributed by atoms with Crippen LogP contribution in [-0.4, -0.2) is 39.1 Å². The molecule has 0 aliphatic carbocycles. The van der Waals surface area contributed by atoms with Gasteiger partial charge in [0.05, 0.1) is 28.0 Å². The van der Waals surface area contributed by atoms with E-state index in [4.69, 9.17) is 16.6 Å². The molecular formula is C26H24BrClN6. The molecule has 8 heteroatoms. The van der Waals surface area contributed by atoms with Crippen LogP contribution in [0.5, 0.6) is 0 Å². The first kappa shape index (κ1) is 22.9. The summed E-state index contributed by atoms with van der Waals surface area (Å²) in [6, 6.07) is 19.9. The Morgan fingerprint density at radius 3 is 2.91 bits per heavy atom. The molecule has 6 nitrogen and oxygen atoms in total. The Morgan fingerprint density at radius 1 is 1.18 bits per heavy atom. The minimum Gasteiger partial charge on any atom is -0.370 e. The number of benzene rings is 2. The second kappa shape index (κ2) is 10.1. The maximum Gasteiger partial charge on any atom is 0.172 e. The average molecular weight is 536 g/mol. The smallest absolute Gasteiger partial charge is 0.172 e. The third-order valence-corrected chi connectivity index (χ3v) is 7.10. The summed E-state index contributed by atoms with van der Waals surface area (Å²) in [5.74, 6) is 1.41. The number of aromatic nitrogens is 3. The van der Waals surface area contributed by atoms with Gasteiger partial charge in [-0.05, 0) is 65.0 Å². The van der Waals surface area contributed by atoms with Crippen molar-refractivity contribution in [3.05, 3.63) is 81.4 Å². The van der Waals surface area contributed by atoms with Gasteiger partial charge in [-0.3, -0.25) is 4.90 Å². The van der Waals surface area contributed by atoms with E-state index in [1.807, 2.05) is 53.0 Å². The van der Waals surface area contributed by atoms with E-state index in [2.05, 4.69) is 43.4 Å². The summed E-state index contributed by atoms with van der Waals surface area (Å²) in [5, 5.41) is 18.0. The number of piperidine rings is 1. The summed E-state index contributed by atoms with van der Waals surface area (Å²) in [7, 11) is 0. The number of fused-ring (bicyclic) bond motifs is 1. The first-order valence-electron chi connectivity index (χ1n) is 11.3. The molecular weight excluding hydrogens is 512 g/mol. The summed E-state index contributed by atoms with van der Waals surface area (Å²) >= 11 is 10.0. The molecule has 1 unspecified atom stereocenters. The van der Waals surface area contributed by atoms with Crippen LogP contribution >= 0.6 is 27.5 Å². The third kappa shape index (κ3) is 4.95. The molecule has 3 heterocycles. The molecule has 5 rings (SSSR count). The molecule has 2 aromatic heterocycles. The van der Waals surface area contributed by atoms with E-state index in [0.717, 1.165) is 59.8 Å². The highest BCUT2D eigenvalue weighted by atomic mass is 79.9. The average Bonchev–Trinajstić information content (AvgIpc) is 3.24. The Hall–Kier alpha value is -2.92. The number of hydrogen-bond acceptors (Lipinski definition) is 5. The number of likely N-dealkylation sites (tertiary alicyclic amines) is 1. The van der Waals surface area contributed by atoms with Gasteiger partial charge in [0, 0.05) is 36.3 Å². The van der Waals surface area contributed by atoms with Crippen LogP contribution in [0.3, 0.4) is 0 Å². The molecule has 0 radical (unpaired) electrons. The molecule has 172 valence electrons. The second-order valence-electron chi connectivity index (χ2n) is 8.67. The largest absolute Gasteiger partial charge is 0.370 e. The van der Waals surface area contributed by atoms with Crippen molar-refractivity contribution < 1.29 is 0 Å². The molecule has 1 atom stereocenters. The zero-order valence-corrected chi connectivity index (χ0v) is 20.9. The SMILES string of the molecule is N#Cc1cccc(CN2CCCC(CNc3cc(-c4ccccc4Cl)nc4c(Br)cnn34)C2)c1. The normalized spacial score (nSPS) is 16.4. The van der Waals surface area contributed by atoms with Gasteiger partial charge in [0.15, 0.2) is 5.65 Å². The van der Waals surface area contributed by atoms with Gasteiger partial charge in [-0.25, -0.2) is 4.98 Å². The fourth-order valence-electron chi connectivity index (χ4n) is 4.58. The number of halogens is 2. The number of anilines is 1. The molecule has 4 aromatic rings. The highest BCUT2D eigenvalue weighted by molar-refractivity contribution is 9.10. The van der Waals surface area contributed by atoms with Crippen LogP contribution in [0.15, 0.2) is 65.3 Å². The van der Waals surface area contributed by atoms with Crippen molar-refractivity contribution in [2.24, 2.45) is 5.92 Å². The summed E-state index contributed by atoms with van der Waals surface area (Å²) in [6.07, 6.45) is 4.10. The summed E-state index contributed by atoms with van der Waals surface area (Å²) < 4.78 is 2.67. The van der Waals surface area contributed by atoms with Gasteiger partial charge in [0.1, 0.15) is 5.82 Å². The van der Waals surface area contributed by atoms with Gasteiger partial charge >= 0.3 is 0 Å². The molecule has 34 heavy (non-hydrogen) atoms. The van der Waals surface area contributed by atoms with Crippen LogP contribution in [0.1, 0.15) is 24.0 Å². The predicted molar refractivity (Wildman–Crippen MR) is 139 cm³/mol. The van der Waals surface area contributed by atoms with E-state index < -0.39 is 0 Å². The fraction of sp³-hybridized carbons (Fsp3) is 0.269. The number of nitrogens with one attached hydrogen (secondary N) is 1. The van der Waals surface area contributed by atoms with Gasteiger partial charge < -0.3 is 5.32 Å². The predicted octanol–water partition coefficient (Wildman–Crippen LogP) is 6.01. The Labute approximate surface area is 212 Å². The lowest BCUT2D eigenvalue weighted by atomic mass is 9.97. The van der Waals surface area contributed by atoms with Gasteiger partial charge in [-0.2, -0.15) is 14.9 Å². The van der Waals surface area contributed by atoms with Crippen molar-refractivity contribution in [2.45, 2.75) is 19.4 Å². The van der Waals surface area contributed by atoms with Crippen molar-refractivity contribution >= 4 is 39.0 Å². The topological polar surface area (TPSA) is 69.2 Å². The number of hydrogen-bond donors (Lipinski definition) is 1. The van der Waals surface area contributed by atoms with Crippen LogP contribution in [-0.2, 0) is 6.54 Å². The summed E-state index contributed by atoms with van der Waals surface area (Å²) in [5.41, 5.74) is 4.36. The Morgan fingerprint density at radius 2 is 2.06 bits per heavy atom. The van der Waals surface area contributed by atoms with Crippen molar-refractivity contribution in [2.75, 3.05) is 25.0 Å². The zero-order valence-electron chi connectivity index (χ0n) is 18.6. The van der Waals surface area contributed by atoms with E-state index in [0.29, 0.717) is 16.5 Å². The molecule has 0 spiro atoms. The molecule has 0 bridgehead atoms. The maximum atomic E-state index is 9.18. The van der Waals surface area contributed by atoms with Gasteiger partial charge in [0.25, 0.3) is 0 Å². The molecule has 0 amide bonds. The van der Waals surface area contributed by atoms with Crippen molar-refractivity contribution in [1.82, 2.24) is 19.5 Å². The third-order valence-electron chi connectivity index (χ3n) is 6.22. The molecule has 2 aromatic carbocycles. The Kier molecular flexibility index (Phi) is 6.82. The zero-order chi connectivity index (χ0) is 23.5. The van der Waals surface area contributed by atoms with Crippen LogP contribution in [0.25, 0.3) is 16.9 Å². The molecule has 1 saturated heterocycles. The van der Waals surface area contributed by atoms with Gasteiger partial charge in [-0.15, -0.1) is 0 Å². The van der Waals surface area contributed by atoms with Crippen LogP contribution in [0.4, 0.5) is 5.82 Å². The lowest BCUT2D eigenvalue weighted by molar-refractivity contribution is 0.173. The van der Waals surface area contributed by atoms with E-state index in [1.165, 1.54) is 12.0 Å². The van der Waals surface area contributed by atoms with E-state index in [-0.39, 0.29) is 0 Å². The first-order valence-corrected chi connectivity index (χ1v) is 12.5. The highest BCUT2D eigenvalue weighted by Gasteiger charge is 2.21. The van der Waals surface area contributed by atoms with Crippen molar-refractivity contribution in [1.29, 1.82) is 5.26 Å². The molecule has 1 aliphatic heterocycles. The minimum atomic E-state index is 0.513. The lowest BCUT2D eigenvalue weighted by Gasteiger charge is -2.33. The standard InChI is InChI=1S/C26H24BrClN6/c27-22-15-31-34-25(12-24(32-26(22)34)21-8-1-2-9-23(21)28)30-14-20-7-4-10-33(17-20)16-19-6-3-5-18(11-19)13-29/h1-3,5-6,8-9,11-12,15,20,30H,4,7,10,14,16-17H2. The molecule has 1 N–H and O–H groups in total. The number of rotatable bonds is 6. The summed E-state index contributed by atoms with van der Waals surface area (Å²) in [6.45, 7) is 3.80. The van der Waals surface area contributed by atoms with Crippen LogP contribution < -0.4 is 5.32 Å². The second-order valence-corrected chi connectivity index (χ2v) is 9.93. The fourth-order valence-corrected chi connectivity index (χ4v) is 5.16. The van der Waals surface area contributed by atoms with Crippen LogP contribution in [0.2, 0.25) is 5.02 Å². The van der Waals surface area contributed by atoms with Gasteiger partial charge in [-0.1, -0.05) is 41.9 Å². The minimum absolute atomic E-state index is 0.513. The monoisotopic (exact) mass is 534 g/mol. The number of nitrogens with zero attached hydrogens (tertiary/aromatic N) is 5. The van der Waals surface area contributed by atoms with Crippen LogP contribution in [0, 0.1) is 17.2 Å². The Bertz CT molecular complexity index is 1360. The lowest BCUT2D eigenvalue weighted by Crippen LogP contribution is -2.37. The first-order chi connectivity index (χ1) is 16.6.